The molecule has 0 amide bonds. The first-order chi connectivity index (χ1) is 27.8. The molecule has 0 aromatic rings. The third-order valence-corrected chi connectivity index (χ3v) is 9.29. The number of aliphatic hydroxyl groups is 3. The minimum Gasteiger partial charge on any atom is -0.466 e. The number of ether oxygens (including phenoxy) is 3. The molecule has 2 saturated carbocycles. The van der Waals surface area contributed by atoms with Gasteiger partial charge in [-0.25, -0.2) is 14.4 Å². The Morgan fingerprint density at radius 3 is 1.24 bits per heavy atom. The topological polar surface area (TPSA) is 140 Å². The summed E-state index contributed by atoms with van der Waals surface area (Å²) < 4.78 is 235. The van der Waals surface area contributed by atoms with Crippen LogP contribution in [0.4, 0.5) is 79.0 Å². The van der Waals surface area contributed by atoms with Crippen LogP contribution < -0.4 is 0 Å². The van der Waals surface area contributed by atoms with E-state index < -0.39 is 110 Å². The summed E-state index contributed by atoms with van der Waals surface area (Å²) in [4.78, 5) is 32.0. The van der Waals surface area contributed by atoms with Crippen molar-refractivity contribution < 1.29 is 123 Å². The maximum absolute atomic E-state index is 12.5. The lowest BCUT2D eigenvalue weighted by molar-refractivity contribution is -0.374. The number of carbonyl (C=O) groups excluding carboxylic acids is 3. The van der Waals surface area contributed by atoms with Crippen LogP contribution in [0.5, 0.6) is 0 Å². The van der Waals surface area contributed by atoms with Gasteiger partial charge in [-0.15, -0.1) is 0 Å². The summed E-state index contributed by atoms with van der Waals surface area (Å²) in [7, 11) is 1.33. The summed E-state index contributed by atoms with van der Waals surface area (Å²) >= 11 is 0. The fourth-order valence-corrected chi connectivity index (χ4v) is 5.77. The highest BCUT2D eigenvalue weighted by Crippen LogP contribution is 2.55. The van der Waals surface area contributed by atoms with Crippen LogP contribution in [0.2, 0.25) is 0 Å². The number of alkyl halides is 18. The predicted octanol–water partition coefficient (Wildman–Crippen LogP) is 9.89. The SMILES string of the molecule is C=C(C)C(=O)OC.C=C(C)C(=O)OC(C)CC(O)(C(F)(F)F)C(F)(F)F.C=C(C)C(=O)OCCCC(O)(C(F)(F)F)C(F)(F)F.OC(CC1CC2CCC1C2)(C(F)(F)F)C(F)(F)F. The van der Waals surface area contributed by atoms with Crippen molar-refractivity contribution in [2.45, 2.75) is 139 Å². The number of hydrogen-bond donors (Lipinski definition) is 3. The largest absolute Gasteiger partial charge is 0.466 e. The zero-order valence-electron chi connectivity index (χ0n) is 33.9. The summed E-state index contributed by atoms with van der Waals surface area (Å²) in [5, 5.41) is 26.7. The van der Waals surface area contributed by atoms with E-state index in [9.17, 15) is 93.4 Å². The number of esters is 3. The van der Waals surface area contributed by atoms with E-state index in [2.05, 4.69) is 33.9 Å². The van der Waals surface area contributed by atoms with Crippen LogP contribution >= 0.6 is 0 Å². The molecule has 0 aliphatic heterocycles. The first kappa shape index (κ1) is 61.3. The van der Waals surface area contributed by atoms with Crippen LogP contribution in [-0.2, 0) is 28.6 Å². The van der Waals surface area contributed by atoms with Gasteiger partial charge in [0.25, 0.3) is 16.8 Å². The van der Waals surface area contributed by atoms with Gasteiger partial charge in [0.15, 0.2) is 0 Å². The van der Waals surface area contributed by atoms with Gasteiger partial charge in [-0.1, -0.05) is 26.2 Å². The van der Waals surface area contributed by atoms with Crippen LogP contribution in [0.1, 0.15) is 79.1 Å². The molecule has 2 aliphatic rings. The molecule has 2 aliphatic carbocycles. The van der Waals surface area contributed by atoms with Crippen LogP contribution in [-0.4, -0.2) is 107 Å². The number of halogens is 18. The minimum atomic E-state index is -5.94. The molecule has 9 nitrogen and oxygen atoms in total. The Hall–Kier alpha value is -3.75. The minimum absolute atomic E-state index is 0.0399. The van der Waals surface area contributed by atoms with Crippen LogP contribution in [0.25, 0.3) is 0 Å². The van der Waals surface area contributed by atoms with Crippen LogP contribution in [0.15, 0.2) is 36.5 Å². The van der Waals surface area contributed by atoms with Gasteiger partial charge >= 0.3 is 55.0 Å². The molecule has 0 aromatic carbocycles. The average molecular weight is 965 g/mol. The van der Waals surface area contributed by atoms with Crippen LogP contribution in [0, 0.1) is 17.8 Å². The lowest BCUT2D eigenvalue weighted by atomic mass is 9.79. The van der Waals surface area contributed by atoms with E-state index in [1.165, 1.54) is 21.0 Å². The quantitative estimate of drug-likeness (QED) is 0.0574. The average Bonchev–Trinajstić information content (AvgIpc) is 3.71. The van der Waals surface area contributed by atoms with Gasteiger partial charge in [0.05, 0.1) is 13.7 Å². The van der Waals surface area contributed by atoms with E-state index in [1.54, 1.807) is 6.92 Å². The van der Waals surface area contributed by atoms with Crippen molar-refractivity contribution in [1.82, 2.24) is 0 Å². The molecule has 4 unspecified atom stereocenters. The lowest BCUT2D eigenvalue weighted by Gasteiger charge is -2.36. The summed E-state index contributed by atoms with van der Waals surface area (Å²) in [6.07, 6.45) is -39.6. The molecule has 0 aromatic heterocycles. The van der Waals surface area contributed by atoms with Gasteiger partial charge in [-0.05, 0) is 84.0 Å². The fraction of sp³-hybridized carbons (Fsp3) is 0.750. The van der Waals surface area contributed by atoms with Gasteiger partial charge in [-0.3, -0.25) is 0 Å². The van der Waals surface area contributed by atoms with Gasteiger partial charge in [0, 0.05) is 23.1 Å². The molecule has 27 heteroatoms. The van der Waals surface area contributed by atoms with E-state index >= 15 is 0 Å². The Kier molecular flexibility index (Phi) is 21.8. The molecular formula is C36H46F18O9. The predicted molar refractivity (Wildman–Crippen MR) is 182 cm³/mol. The highest BCUT2D eigenvalue weighted by Gasteiger charge is 2.72. The molecule has 0 heterocycles. The summed E-state index contributed by atoms with van der Waals surface area (Å²) in [6.45, 7) is 13.8. The normalized spacial score (nSPS) is 18.9. The molecule has 0 saturated heterocycles. The van der Waals surface area contributed by atoms with E-state index in [4.69, 9.17) is 15.3 Å². The molecule has 370 valence electrons. The van der Waals surface area contributed by atoms with E-state index in [0.29, 0.717) is 24.8 Å². The second kappa shape index (κ2) is 22.4. The van der Waals surface area contributed by atoms with E-state index in [-0.39, 0.29) is 29.0 Å². The standard InChI is InChI=1S/C11H14F6O.2C10H12F6O3.C5H8O2/c12-10(13,14)9(18,11(15,16)17)5-8-4-6-1-2-7(8)3-6;1-5(2)7(17)19-6(3)4-8(18,9(11,12)13)10(14,15)16;1-6(2)7(17)19-5-3-4-8(18,9(11,12)13)10(14,15)16;1-4(2)5(6)7-3/h6-8,18H,1-5H2;6,18H,1,4H2,2-3H3;18H,1,3-5H2,2H3;1H2,2-3H3. The third kappa shape index (κ3) is 17.3. The number of carbonyl (C=O) groups is 3. The maximum Gasteiger partial charge on any atom is 0.426 e. The second-order valence-corrected chi connectivity index (χ2v) is 14.7. The number of fused-ring (bicyclic) bond motifs is 2. The second-order valence-electron chi connectivity index (χ2n) is 14.7. The van der Waals surface area contributed by atoms with E-state index in [1.807, 2.05) is 0 Å². The summed E-state index contributed by atoms with van der Waals surface area (Å²) in [5.41, 5.74) is -14.1. The molecule has 4 atom stereocenters. The summed E-state index contributed by atoms with van der Waals surface area (Å²) in [6, 6.07) is 0. The maximum atomic E-state index is 12.5. The van der Waals surface area contributed by atoms with Gasteiger partial charge in [-0.2, -0.15) is 79.0 Å². The lowest BCUT2D eigenvalue weighted by Crippen LogP contribution is -2.58. The summed E-state index contributed by atoms with van der Waals surface area (Å²) in [5.74, 6) is -2.93. The molecule has 3 N–H and O–H groups in total. The smallest absolute Gasteiger partial charge is 0.426 e. The highest BCUT2D eigenvalue weighted by atomic mass is 19.4. The number of hydrogen-bond acceptors (Lipinski definition) is 9. The monoisotopic (exact) mass is 964 g/mol. The first-order valence-electron chi connectivity index (χ1n) is 17.8. The van der Waals surface area contributed by atoms with Crippen molar-refractivity contribution in [1.29, 1.82) is 0 Å². The molecule has 0 spiro atoms. The van der Waals surface area contributed by atoms with Gasteiger partial charge in [0.1, 0.15) is 6.10 Å². The molecule has 2 bridgehead atoms. The first-order valence-corrected chi connectivity index (χ1v) is 17.8. The number of rotatable bonds is 12. The van der Waals surface area contributed by atoms with Gasteiger partial charge < -0.3 is 29.5 Å². The molecule has 63 heavy (non-hydrogen) atoms. The van der Waals surface area contributed by atoms with Crippen molar-refractivity contribution in [3.05, 3.63) is 36.5 Å². The zero-order valence-corrected chi connectivity index (χ0v) is 33.9. The van der Waals surface area contributed by atoms with Crippen molar-refractivity contribution in [2.75, 3.05) is 13.7 Å². The van der Waals surface area contributed by atoms with Crippen molar-refractivity contribution in [2.24, 2.45) is 17.8 Å². The molecule has 2 fully saturated rings. The number of methoxy groups -OCH3 is 1. The van der Waals surface area contributed by atoms with Crippen molar-refractivity contribution >= 4 is 17.9 Å². The Balaban J connectivity index is 0. The van der Waals surface area contributed by atoms with Crippen LogP contribution in [0.3, 0.4) is 0 Å². The third-order valence-electron chi connectivity index (χ3n) is 9.29. The zero-order chi connectivity index (χ0) is 50.8. The Bertz CT molecular complexity index is 1520. The molecular weight excluding hydrogens is 918 g/mol. The fourth-order valence-electron chi connectivity index (χ4n) is 5.77. The Morgan fingerprint density at radius 2 is 0.968 bits per heavy atom. The van der Waals surface area contributed by atoms with Crippen molar-refractivity contribution in [3.63, 3.8) is 0 Å². The molecule has 2 rings (SSSR count). The highest BCUT2D eigenvalue weighted by molar-refractivity contribution is 5.87. The van der Waals surface area contributed by atoms with Gasteiger partial charge in [0.2, 0.25) is 0 Å². The van der Waals surface area contributed by atoms with Crippen molar-refractivity contribution in [3.8, 4) is 0 Å². The Morgan fingerprint density at radius 1 is 0.587 bits per heavy atom. The Labute approximate surface area is 348 Å². The van der Waals surface area contributed by atoms with E-state index in [0.717, 1.165) is 13.3 Å². The molecule has 0 radical (unpaired) electrons.